The van der Waals surface area contributed by atoms with E-state index in [4.69, 9.17) is 0 Å². The Morgan fingerprint density at radius 2 is 2.04 bits per heavy atom. The number of ether oxygens (including phenoxy) is 1. The van der Waals surface area contributed by atoms with Crippen LogP contribution in [0.5, 0.6) is 0 Å². The highest BCUT2D eigenvalue weighted by molar-refractivity contribution is 5.89. The number of anilines is 1. The van der Waals surface area contributed by atoms with E-state index in [1.807, 2.05) is 4.98 Å². The predicted molar refractivity (Wildman–Crippen MR) is 77.4 cm³/mol. The van der Waals surface area contributed by atoms with Crippen LogP contribution >= 0.6 is 0 Å². The lowest BCUT2D eigenvalue weighted by atomic mass is 10.0. The van der Waals surface area contributed by atoms with E-state index in [-0.39, 0.29) is 0 Å². The van der Waals surface area contributed by atoms with E-state index in [1.165, 1.54) is 7.11 Å². The fraction of sp³-hybridized carbons (Fsp3) is 0.500. The Morgan fingerprint density at radius 3 is 2.67 bits per heavy atom. The second-order valence-corrected chi connectivity index (χ2v) is 5.39. The number of carbonyl (C=O) groups is 2. The first-order valence-electron chi connectivity index (χ1n) is 7.17. The van der Waals surface area contributed by atoms with Gasteiger partial charge in [-0.3, -0.25) is 9.59 Å². The lowest BCUT2D eigenvalue weighted by Gasteiger charge is -2.19. The van der Waals surface area contributed by atoms with Crippen LogP contribution in [-0.4, -0.2) is 30.1 Å². The number of aromatic nitrogens is 1. The smallest absolute Gasteiger partial charge is 0.417 e. The minimum Gasteiger partial charge on any atom is -0.469 e. The van der Waals surface area contributed by atoms with Crippen molar-refractivity contribution in [1.82, 2.24) is 10.3 Å². The molecule has 0 aromatic carbocycles. The van der Waals surface area contributed by atoms with Crippen molar-refractivity contribution in [3.63, 3.8) is 0 Å². The number of alkyl halides is 3. The molecule has 3 N–H and O–H groups in total. The summed E-state index contributed by atoms with van der Waals surface area (Å²) in [6, 6.07) is -0.812. The van der Waals surface area contributed by atoms with Gasteiger partial charge in [-0.2, -0.15) is 13.2 Å². The molecule has 0 saturated heterocycles. The van der Waals surface area contributed by atoms with Gasteiger partial charge in [0.05, 0.1) is 18.6 Å². The molecule has 24 heavy (non-hydrogen) atoms. The lowest BCUT2D eigenvalue weighted by Crippen LogP contribution is -2.43. The van der Waals surface area contributed by atoms with Gasteiger partial charge in [-0.1, -0.05) is 6.42 Å². The topological polar surface area (TPSA) is 100 Å². The Bertz CT molecular complexity index is 687. The fourth-order valence-corrected chi connectivity index (χ4v) is 2.63. The number of H-pyrrole nitrogens is 1. The predicted octanol–water partition coefficient (Wildman–Crippen LogP) is 1.86. The third kappa shape index (κ3) is 4.06. The number of esters is 1. The Kier molecular flexibility index (Phi) is 5.15. The van der Waals surface area contributed by atoms with Crippen molar-refractivity contribution in [2.24, 2.45) is 5.92 Å². The van der Waals surface area contributed by atoms with Crippen LogP contribution in [0.4, 0.5) is 23.7 Å². The second kappa shape index (κ2) is 6.93. The summed E-state index contributed by atoms with van der Waals surface area (Å²) in [4.78, 5) is 37.0. The van der Waals surface area contributed by atoms with Crippen LogP contribution in [0.1, 0.15) is 24.8 Å². The molecule has 1 aromatic heterocycles. The molecule has 0 radical (unpaired) electrons. The molecule has 2 amide bonds. The van der Waals surface area contributed by atoms with E-state index in [2.05, 4.69) is 15.4 Å². The summed E-state index contributed by atoms with van der Waals surface area (Å²) in [5.74, 6) is -0.977. The van der Waals surface area contributed by atoms with E-state index < -0.39 is 46.9 Å². The molecule has 0 unspecified atom stereocenters. The Balaban J connectivity index is 2.07. The highest BCUT2D eigenvalue weighted by atomic mass is 19.4. The second-order valence-electron chi connectivity index (χ2n) is 5.39. The van der Waals surface area contributed by atoms with Crippen LogP contribution in [0.15, 0.2) is 17.1 Å². The number of hydrogen-bond acceptors (Lipinski definition) is 4. The first-order valence-corrected chi connectivity index (χ1v) is 7.17. The summed E-state index contributed by atoms with van der Waals surface area (Å²) >= 11 is 0. The Morgan fingerprint density at radius 1 is 1.33 bits per heavy atom. The highest BCUT2D eigenvalue weighted by Gasteiger charge is 2.35. The fourth-order valence-electron chi connectivity index (χ4n) is 2.63. The van der Waals surface area contributed by atoms with Crippen molar-refractivity contribution in [1.29, 1.82) is 0 Å². The number of aromatic amines is 1. The molecule has 132 valence electrons. The van der Waals surface area contributed by atoms with Crippen molar-refractivity contribution in [3.8, 4) is 0 Å². The third-order valence-electron chi connectivity index (χ3n) is 3.82. The molecule has 7 nitrogen and oxygen atoms in total. The molecule has 2 atom stereocenters. The van der Waals surface area contributed by atoms with Gasteiger partial charge >= 0.3 is 18.2 Å². The largest absolute Gasteiger partial charge is 0.469 e. The van der Waals surface area contributed by atoms with Crippen LogP contribution < -0.4 is 16.2 Å². The van der Waals surface area contributed by atoms with Crippen molar-refractivity contribution in [2.45, 2.75) is 31.5 Å². The summed E-state index contributed by atoms with van der Waals surface area (Å²) in [6.45, 7) is 0. The number of urea groups is 1. The molecule has 2 rings (SSSR count). The van der Waals surface area contributed by atoms with Gasteiger partial charge in [-0.05, 0) is 18.9 Å². The number of rotatable bonds is 3. The molecular weight excluding hydrogens is 331 g/mol. The number of carbonyl (C=O) groups excluding carboxylic acids is 2. The molecule has 1 aliphatic rings. The van der Waals surface area contributed by atoms with Crippen molar-refractivity contribution in [3.05, 3.63) is 28.2 Å². The highest BCUT2D eigenvalue weighted by Crippen LogP contribution is 2.29. The molecule has 0 spiro atoms. The van der Waals surface area contributed by atoms with Crippen LogP contribution in [0.2, 0.25) is 0 Å². The molecular formula is C14H16F3N3O4. The first kappa shape index (κ1) is 17.8. The lowest BCUT2D eigenvalue weighted by molar-refractivity contribution is -0.145. The standard InChI is InChI=1S/C14H16F3N3O4/c1-24-12(22)8-3-2-4-9(8)19-13(23)20-10-5-7(14(15,16)17)6-18-11(10)21/h5-6,8-9H,2-4H2,1H3,(H,18,21)(H2,19,20,23)/t8-,9-/m0/s1. The number of halogens is 3. The zero-order valence-corrected chi connectivity index (χ0v) is 12.7. The molecule has 1 heterocycles. The summed E-state index contributed by atoms with van der Waals surface area (Å²) < 4.78 is 42.6. The minimum absolute atomic E-state index is 0.463. The van der Waals surface area contributed by atoms with E-state index in [9.17, 15) is 27.6 Å². The van der Waals surface area contributed by atoms with Gasteiger partial charge in [0, 0.05) is 12.2 Å². The van der Waals surface area contributed by atoms with E-state index in [0.717, 1.165) is 0 Å². The van der Waals surface area contributed by atoms with Gasteiger partial charge < -0.3 is 20.4 Å². The number of nitrogens with one attached hydrogen (secondary N) is 3. The van der Waals surface area contributed by atoms with Crippen LogP contribution in [0.25, 0.3) is 0 Å². The van der Waals surface area contributed by atoms with E-state index >= 15 is 0 Å². The average molecular weight is 347 g/mol. The third-order valence-corrected chi connectivity index (χ3v) is 3.82. The molecule has 1 aliphatic carbocycles. The van der Waals surface area contributed by atoms with Crippen molar-refractivity contribution in [2.75, 3.05) is 12.4 Å². The van der Waals surface area contributed by atoms with Crippen LogP contribution in [-0.2, 0) is 15.7 Å². The van der Waals surface area contributed by atoms with Crippen molar-refractivity contribution < 1.29 is 27.5 Å². The molecule has 1 aromatic rings. The number of methoxy groups -OCH3 is 1. The maximum atomic E-state index is 12.6. The molecule has 1 fully saturated rings. The van der Waals surface area contributed by atoms with Crippen LogP contribution in [0.3, 0.4) is 0 Å². The van der Waals surface area contributed by atoms with Gasteiger partial charge in [0.25, 0.3) is 5.56 Å². The van der Waals surface area contributed by atoms with Crippen LogP contribution in [0, 0.1) is 5.92 Å². The molecule has 0 bridgehead atoms. The zero-order valence-electron chi connectivity index (χ0n) is 12.7. The summed E-state index contributed by atoms with van der Waals surface area (Å²) in [6.07, 6.45) is -2.35. The quantitative estimate of drug-likeness (QED) is 0.727. The SMILES string of the molecule is COC(=O)[C@H]1CCC[C@@H]1NC(=O)Nc1cc(C(F)(F)F)c[nH]c1=O. The number of hydrogen-bond donors (Lipinski definition) is 3. The Hall–Kier alpha value is -2.52. The maximum Gasteiger partial charge on any atom is 0.417 e. The summed E-state index contributed by atoms with van der Waals surface area (Å²) in [7, 11) is 1.24. The van der Waals surface area contributed by atoms with Gasteiger partial charge in [-0.15, -0.1) is 0 Å². The number of amides is 2. The summed E-state index contributed by atoms with van der Waals surface area (Å²) in [5, 5.41) is 4.57. The monoisotopic (exact) mass is 347 g/mol. The van der Waals surface area contributed by atoms with E-state index in [1.54, 1.807) is 0 Å². The Labute approximate surface area is 134 Å². The van der Waals surface area contributed by atoms with Gasteiger partial charge in [0.2, 0.25) is 0 Å². The van der Waals surface area contributed by atoms with Crippen molar-refractivity contribution >= 4 is 17.7 Å². The number of pyridine rings is 1. The molecule has 0 aliphatic heterocycles. The van der Waals surface area contributed by atoms with E-state index in [0.29, 0.717) is 31.5 Å². The first-order chi connectivity index (χ1) is 11.2. The maximum absolute atomic E-state index is 12.6. The average Bonchev–Trinajstić information content (AvgIpc) is 2.95. The summed E-state index contributed by atoms with van der Waals surface area (Å²) in [5.41, 5.74) is -2.49. The minimum atomic E-state index is -4.65. The molecule has 1 saturated carbocycles. The van der Waals surface area contributed by atoms with Gasteiger partial charge in [0.1, 0.15) is 5.69 Å². The molecule has 10 heteroatoms. The normalized spacial score (nSPS) is 20.5. The van der Waals surface area contributed by atoms with Gasteiger partial charge in [-0.25, -0.2) is 4.79 Å². The zero-order chi connectivity index (χ0) is 17.9. The van der Waals surface area contributed by atoms with Gasteiger partial charge in [0.15, 0.2) is 0 Å².